The molecule has 0 radical (unpaired) electrons. The van der Waals surface area contributed by atoms with Gasteiger partial charge in [0.1, 0.15) is 18.3 Å². The summed E-state index contributed by atoms with van der Waals surface area (Å²) < 4.78 is 17.4. The van der Waals surface area contributed by atoms with Gasteiger partial charge < -0.3 is 29.7 Å². The van der Waals surface area contributed by atoms with E-state index in [1.807, 2.05) is 13.8 Å². The fourth-order valence-corrected chi connectivity index (χ4v) is 3.42. The van der Waals surface area contributed by atoms with Crippen molar-refractivity contribution in [2.24, 2.45) is 7.05 Å². The van der Waals surface area contributed by atoms with Gasteiger partial charge in [-0.25, -0.2) is 14.2 Å². The van der Waals surface area contributed by atoms with Crippen molar-refractivity contribution in [2.45, 2.75) is 38.7 Å². The SMILES string of the molecule is Cc1cc2nc(-c3nnnn3C)c(=O)n(C[C@H](O)[C@H](O)[C@H](O)COP(=O)(O)O)c2cc1C. The van der Waals surface area contributed by atoms with E-state index in [4.69, 9.17) is 9.79 Å². The lowest BCUT2D eigenvalue weighted by molar-refractivity contribution is -0.0795. The van der Waals surface area contributed by atoms with Gasteiger partial charge in [-0.3, -0.25) is 9.32 Å². The Labute approximate surface area is 181 Å². The second-order valence-corrected chi connectivity index (χ2v) is 8.58. The molecule has 2 heterocycles. The first-order valence-corrected chi connectivity index (χ1v) is 10.9. The Kier molecular flexibility index (Phi) is 6.86. The zero-order chi connectivity index (χ0) is 23.8. The van der Waals surface area contributed by atoms with Crippen LogP contribution in [-0.4, -0.2) is 79.8 Å². The number of hydrogen-bond acceptors (Lipinski definition) is 10. The number of aliphatic hydroxyl groups is 3. The Morgan fingerprint density at radius 3 is 2.38 bits per heavy atom. The predicted octanol–water partition coefficient (Wildman–Crippen LogP) is -1.60. The van der Waals surface area contributed by atoms with Gasteiger partial charge in [-0.05, 0) is 47.5 Å². The number of aliphatic hydroxyl groups excluding tert-OH is 3. The Hall–Kier alpha value is -2.58. The van der Waals surface area contributed by atoms with E-state index in [9.17, 15) is 24.7 Å². The van der Waals surface area contributed by atoms with Crippen molar-refractivity contribution >= 4 is 18.9 Å². The number of benzene rings is 1. The quantitative estimate of drug-likeness (QED) is 0.236. The third-order valence-electron chi connectivity index (χ3n) is 4.97. The molecule has 0 bridgehead atoms. The van der Waals surface area contributed by atoms with Gasteiger partial charge in [-0.15, -0.1) is 5.10 Å². The molecule has 174 valence electrons. The van der Waals surface area contributed by atoms with E-state index >= 15 is 0 Å². The number of phosphoric ester groups is 1. The monoisotopic (exact) mass is 470 g/mol. The van der Waals surface area contributed by atoms with Crippen LogP contribution < -0.4 is 5.56 Å². The normalized spacial score (nSPS) is 15.1. The van der Waals surface area contributed by atoms with Crippen LogP contribution in [0.2, 0.25) is 0 Å². The Bertz CT molecular complexity index is 1240. The first kappa shape index (κ1) is 24.1. The summed E-state index contributed by atoms with van der Waals surface area (Å²) in [4.78, 5) is 35.1. The van der Waals surface area contributed by atoms with Crippen molar-refractivity contribution in [1.29, 1.82) is 0 Å². The standard InChI is InChI=1S/C17H23N6O8P/c1-8-4-10-11(5-9(8)2)23(17(27)14(18-10)16-19-20-21-22(16)3)6-12(24)15(26)13(25)7-31-32(28,29)30/h4-5,12-13,15,24-26H,6-7H2,1-3H3,(H2,28,29,30)/t12-,13+,15-/m0/s1. The second-order valence-electron chi connectivity index (χ2n) is 7.34. The maximum Gasteiger partial charge on any atom is 0.469 e. The molecule has 0 saturated heterocycles. The van der Waals surface area contributed by atoms with Crippen molar-refractivity contribution in [1.82, 2.24) is 29.8 Å². The average Bonchev–Trinajstić information content (AvgIpc) is 3.14. The molecule has 3 rings (SSSR count). The Morgan fingerprint density at radius 1 is 1.12 bits per heavy atom. The number of rotatable bonds is 8. The largest absolute Gasteiger partial charge is 0.469 e. The van der Waals surface area contributed by atoms with Crippen LogP contribution in [0.1, 0.15) is 11.1 Å². The number of hydrogen-bond donors (Lipinski definition) is 5. The molecule has 1 aromatic carbocycles. The molecule has 0 amide bonds. The van der Waals surface area contributed by atoms with E-state index in [0.29, 0.717) is 11.0 Å². The minimum absolute atomic E-state index is 0.0830. The van der Waals surface area contributed by atoms with E-state index in [1.54, 1.807) is 12.1 Å². The van der Waals surface area contributed by atoms with Crippen molar-refractivity contribution in [3.8, 4) is 11.5 Å². The van der Waals surface area contributed by atoms with E-state index in [0.717, 1.165) is 11.1 Å². The van der Waals surface area contributed by atoms with Crippen LogP contribution in [-0.2, 0) is 22.7 Å². The van der Waals surface area contributed by atoms with Gasteiger partial charge in [0.15, 0.2) is 5.69 Å². The number of nitrogens with zero attached hydrogens (tertiary/aromatic N) is 6. The lowest BCUT2D eigenvalue weighted by Gasteiger charge is -2.24. The maximum atomic E-state index is 13.2. The number of phosphoric acid groups is 1. The van der Waals surface area contributed by atoms with Crippen molar-refractivity contribution < 1.29 is 34.2 Å². The molecular formula is C17H23N6O8P. The molecule has 5 N–H and O–H groups in total. The fourth-order valence-electron chi connectivity index (χ4n) is 3.08. The highest BCUT2D eigenvalue weighted by atomic mass is 31.2. The lowest BCUT2D eigenvalue weighted by Crippen LogP contribution is -2.43. The highest BCUT2D eigenvalue weighted by Gasteiger charge is 2.29. The van der Waals surface area contributed by atoms with Gasteiger partial charge in [-0.2, -0.15) is 0 Å². The predicted molar refractivity (Wildman–Crippen MR) is 109 cm³/mol. The van der Waals surface area contributed by atoms with E-state index in [2.05, 4.69) is 25.0 Å². The molecule has 0 unspecified atom stereocenters. The second kappa shape index (κ2) is 9.11. The minimum Gasteiger partial charge on any atom is -0.388 e. The van der Waals surface area contributed by atoms with E-state index in [1.165, 1.54) is 16.3 Å². The van der Waals surface area contributed by atoms with Gasteiger partial charge in [0.25, 0.3) is 5.56 Å². The lowest BCUT2D eigenvalue weighted by atomic mass is 10.1. The molecular weight excluding hydrogens is 447 g/mol. The van der Waals surface area contributed by atoms with Crippen LogP contribution in [0, 0.1) is 13.8 Å². The zero-order valence-corrected chi connectivity index (χ0v) is 18.3. The molecule has 0 aliphatic rings. The average molecular weight is 470 g/mol. The van der Waals surface area contributed by atoms with E-state index in [-0.39, 0.29) is 11.5 Å². The van der Waals surface area contributed by atoms with Gasteiger partial charge >= 0.3 is 7.82 Å². The molecule has 0 spiro atoms. The van der Waals surface area contributed by atoms with Crippen LogP contribution in [0.15, 0.2) is 16.9 Å². The molecule has 3 atom stereocenters. The molecule has 3 aromatic rings. The smallest absolute Gasteiger partial charge is 0.388 e. The summed E-state index contributed by atoms with van der Waals surface area (Å²) >= 11 is 0. The number of aryl methyl sites for hydroxylation is 3. The van der Waals surface area contributed by atoms with Crippen LogP contribution >= 0.6 is 7.82 Å². The molecule has 14 nitrogen and oxygen atoms in total. The highest BCUT2D eigenvalue weighted by Crippen LogP contribution is 2.35. The first-order valence-electron chi connectivity index (χ1n) is 9.38. The third kappa shape index (κ3) is 5.07. The first-order chi connectivity index (χ1) is 14.9. The Morgan fingerprint density at radius 2 is 1.78 bits per heavy atom. The van der Waals surface area contributed by atoms with Crippen LogP contribution in [0.25, 0.3) is 22.6 Å². The van der Waals surface area contributed by atoms with Crippen LogP contribution in [0.3, 0.4) is 0 Å². The Balaban J connectivity index is 2.03. The summed E-state index contributed by atoms with van der Waals surface area (Å²) in [7, 11) is -3.35. The summed E-state index contributed by atoms with van der Waals surface area (Å²) in [5.41, 5.74) is 1.81. The molecule has 2 aromatic heterocycles. The maximum absolute atomic E-state index is 13.2. The molecule has 0 aliphatic heterocycles. The number of fused-ring (bicyclic) bond motifs is 1. The van der Waals surface area contributed by atoms with Crippen molar-refractivity contribution in [3.05, 3.63) is 33.6 Å². The van der Waals surface area contributed by atoms with Crippen molar-refractivity contribution in [2.75, 3.05) is 6.61 Å². The highest BCUT2D eigenvalue weighted by molar-refractivity contribution is 7.46. The summed E-state index contributed by atoms with van der Waals surface area (Å²) in [5.74, 6) is 0.0917. The van der Waals surface area contributed by atoms with Crippen LogP contribution in [0.5, 0.6) is 0 Å². The minimum atomic E-state index is -4.88. The summed E-state index contributed by atoms with van der Waals surface area (Å²) in [6.45, 7) is 2.30. The van der Waals surface area contributed by atoms with E-state index < -0.39 is 44.8 Å². The molecule has 0 saturated carbocycles. The third-order valence-corrected chi connectivity index (χ3v) is 5.45. The molecule has 15 heteroatoms. The van der Waals surface area contributed by atoms with Gasteiger partial charge in [-0.1, -0.05) is 0 Å². The zero-order valence-electron chi connectivity index (χ0n) is 17.4. The fraction of sp³-hybridized carbons (Fsp3) is 0.471. The molecule has 0 aliphatic carbocycles. The number of tetrazole rings is 1. The molecule has 0 fully saturated rings. The molecule has 32 heavy (non-hydrogen) atoms. The summed E-state index contributed by atoms with van der Waals surface area (Å²) in [6, 6.07) is 3.45. The van der Waals surface area contributed by atoms with Gasteiger partial charge in [0, 0.05) is 7.05 Å². The topological polar surface area (TPSA) is 206 Å². The summed E-state index contributed by atoms with van der Waals surface area (Å²) in [6.07, 6.45) is -5.39. The van der Waals surface area contributed by atoms with Gasteiger partial charge in [0.05, 0.1) is 24.2 Å². The van der Waals surface area contributed by atoms with Crippen LogP contribution in [0.4, 0.5) is 0 Å². The summed E-state index contributed by atoms with van der Waals surface area (Å²) in [5, 5.41) is 41.6. The van der Waals surface area contributed by atoms with Crippen molar-refractivity contribution in [3.63, 3.8) is 0 Å². The van der Waals surface area contributed by atoms with Gasteiger partial charge in [0.2, 0.25) is 5.82 Å². The number of aromatic nitrogens is 6.